The third-order valence-corrected chi connectivity index (χ3v) is 3.66. The minimum atomic E-state index is -3.37. The molecule has 1 aromatic carbocycles. The molecule has 0 aliphatic carbocycles. The lowest BCUT2D eigenvalue weighted by molar-refractivity contribution is 0.254. The Kier molecular flexibility index (Phi) is 4.92. The van der Waals surface area contributed by atoms with Gasteiger partial charge in [-0.15, -0.1) is 0 Å². The van der Waals surface area contributed by atoms with E-state index in [-0.39, 0.29) is 12.4 Å². The van der Waals surface area contributed by atoms with E-state index in [4.69, 9.17) is 5.11 Å². The minimum Gasteiger partial charge on any atom is -0.395 e. The fraction of sp³-hybridized carbons (Fsp3) is 0.455. The van der Waals surface area contributed by atoms with E-state index in [0.29, 0.717) is 6.42 Å². The van der Waals surface area contributed by atoms with Gasteiger partial charge in [-0.1, -0.05) is 37.3 Å². The van der Waals surface area contributed by atoms with Crippen LogP contribution in [0, 0.1) is 0 Å². The summed E-state index contributed by atoms with van der Waals surface area (Å²) in [4.78, 5) is 0. The third kappa shape index (κ3) is 4.30. The lowest BCUT2D eigenvalue weighted by Gasteiger charge is -2.14. The minimum absolute atomic E-state index is 0.0513. The van der Waals surface area contributed by atoms with Gasteiger partial charge in [0.05, 0.1) is 12.4 Å². The summed E-state index contributed by atoms with van der Waals surface area (Å²) >= 11 is 0. The lowest BCUT2D eigenvalue weighted by Crippen LogP contribution is -2.37. The second kappa shape index (κ2) is 5.98. The smallest absolute Gasteiger partial charge is 0.216 e. The molecule has 1 rings (SSSR count). The van der Waals surface area contributed by atoms with Gasteiger partial charge in [-0.2, -0.15) is 0 Å². The summed E-state index contributed by atoms with van der Waals surface area (Å²) < 4.78 is 25.9. The Morgan fingerprint density at radius 3 is 2.44 bits per heavy atom. The Labute approximate surface area is 96.4 Å². The summed E-state index contributed by atoms with van der Waals surface area (Å²) in [5.41, 5.74) is 0.739. The van der Waals surface area contributed by atoms with Crippen molar-refractivity contribution in [1.29, 1.82) is 0 Å². The summed E-state index contributed by atoms with van der Waals surface area (Å²) in [6.07, 6.45) is 0.574. The monoisotopic (exact) mass is 243 g/mol. The van der Waals surface area contributed by atoms with Gasteiger partial charge >= 0.3 is 0 Å². The number of hydrogen-bond acceptors (Lipinski definition) is 3. The summed E-state index contributed by atoms with van der Waals surface area (Å²) in [7, 11) is -3.37. The maximum Gasteiger partial charge on any atom is 0.216 e. The van der Waals surface area contributed by atoms with Gasteiger partial charge in [-0.3, -0.25) is 0 Å². The molecule has 1 aromatic rings. The van der Waals surface area contributed by atoms with E-state index >= 15 is 0 Å². The summed E-state index contributed by atoms with van der Waals surface area (Å²) in [5.74, 6) is -0.0513. The van der Waals surface area contributed by atoms with E-state index < -0.39 is 16.1 Å². The van der Waals surface area contributed by atoms with Crippen molar-refractivity contribution in [1.82, 2.24) is 4.72 Å². The lowest BCUT2D eigenvalue weighted by atomic mass is 10.2. The number of rotatable bonds is 6. The van der Waals surface area contributed by atoms with Crippen LogP contribution in [0.3, 0.4) is 0 Å². The topological polar surface area (TPSA) is 66.4 Å². The molecule has 5 heteroatoms. The van der Waals surface area contributed by atoms with Gasteiger partial charge in [-0.05, 0) is 12.0 Å². The first-order valence-corrected chi connectivity index (χ1v) is 6.87. The molecule has 16 heavy (non-hydrogen) atoms. The molecule has 0 spiro atoms. The zero-order valence-corrected chi connectivity index (χ0v) is 10.1. The quantitative estimate of drug-likeness (QED) is 0.779. The van der Waals surface area contributed by atoms with Crippen LogP contribution < -0.4 is 4.72 Å². The number of aliphatic hydroxyl groups is 1. The fourth-order valence-corrected chi connectivity index (χ4v) is 2.80. The van der Waals surface area contributed by atoms with Crippen LogP contribution in [0.4, 0.5) is 0 Å². The molecule has 90 valence electrons. The summed E-state index contributed by atoms with van der Waals surface area (Å²) in [6, 6.07) is 8.57. The Balaban J connectivity index is 2.66. The first-order chi connectivity index (χ1) is 7.57. The van der Waals surface area contributed by atoms with E-state index in [2.05, 4.69) is 4.72 Å². The van der Waals surface area contributed by atoms with E-state index in [1.54, 1.807) is 24.3 Å². The highest BCUT2D eigenvalue weighted by atomic mass is 32.2. The number of nitrogens with one attached hydrogen (secondary N) is 1. The Bertz CT molecular complexity index is 398. The molecule has 1 unspecified atom stereocenters. The Hall–Kier alpha value is -0.910. The SMILES string of the molecule is CCC(CO)NS(=O)(=O)Cc1ccccc1. The van der Waals surface area contributed by atoms with Crippen LogP contribution >= 0.6 is 0 Å². The van der Waals surface area contributed by atoms with Crippen molar-refractivity contribution in [2.24, 2.45) is 0 Å². The van der Waals surface area contributed by atoms with E-state index in [0.717, 1.165) is 5.56 Å². The van der Waals surface area contributed by atoms with E-state index in [9.17, 15) is 8.42 Å². The number of aliphatic hydroxyl groups excluding tert-OH is 1. The van der Waals surface area contributed by atoms with Crippen LogP contribution in [0.15, 0.2) is 30.3 Å². The van der Waals surface area contributed by atoms with Crippen molar-refractivity contribution >= 4 is 10.0 Å². The molecule has 0 amide bonds. The zero-order chi connectivity index (χ0) is 12.0. The van der Waals surface area contributed by atoms with Crippen molar-refractivity contribution in [3.05, 3.63) is 35.9 Å². The standard InChI is InChI=1S/C11H17NO3S/c1-2-11(8-13)12-16(14,15)9-10-6-4-3-5-7-10/h3-7,11-13H,2,8-9H2,1H3. The first-order valence-electron chi connectivity index (χ1n) is 5.22. The normalized spacial score (nSPS) is 13.6. The third-order valence-electron chi connectivity index (χ3n) is 2.26. The zero-order valence-electron chi connectivity index (χ0n) is 9.26. The van der Waals surface area contributed by atoms with Crippen LogP contribution in [0.2, 0.25) is 0 Å². The largest absolute Gasteiger partial charge is 0.395 e. The second-order valence-electron chi connectivity index (χ2n) is 3.65. The van der Waals surface area contributed by atoms with Crippen molar-refractivity contribution in [2.75, 3.05) is 6.61 Å². The molecule has 0 radical (unpaired) electrons. The molecule has 0 saturated heterocycles. The predicted octanol–water partition coefficient (Wildman–Crippen LogP) is 0.877. The fourth-order valence-electron chi connectivity index (χ4n) is 1.34. The average molecular weight is 243 g/mol. The molecule has 0 fully saturated rings. The van der Waals surface area contributed by atoms with E-state index in [1.165, 1.54) is 0 Å². The van der Waals surface area contributed by atoms with Crippen molar-refractivity contribution in [3.8, 4) is 0 Å². The van der Waals surface area contributed by atoms with Crippen LogP contribution in [0.1, 0.15) is 18.9 Å². The van der Waals surface area contributed by atoms with Gasteiger partial charge in [0.25, 0.3) is 0 Å². The summed E-state index contributed by atoms with van der Waals surface area (Å²) in [5, 5.41) is 8.93. The molecule has 0 heterocycles. The van der Waals surface area contributed by atoms with E-state index in [1.807, 2.05) is 13.0 Å². The molecule has 1 atom stereocenters. The number of hydrogen-bond donors (Lipinski definition) is 2. The van der Waals surface area contributed by atoms with Crippen molar-refractivity contribution in [2.45, 2.75) is 25.1 Å². The molecular formula is C11H17NO3S. The summed E-state index contributed by atoms with van der Waals surface area (Å²) in [6.45, 7) is 1.65. The average Bonchev–Trinajstić information content (AvgIpc) is 2.26. The van der Waals surface area contributed by atoms with Crippen LogP contribution in [-0.4, -0.2) is 26.2 Å². The van der Waals surface area contributed by atoms with Crippen LogP contribution in [0.25, 0.3) is 0 Å². The molecule has 0 saturated carbocycles. The maximum atomic E-state index is 11.7. The van der Waals surface area contributed by atoms with Gasteiger partial charge in [0.1, 0.15) is 0 Å². The predicted molar refractivity (Wildman–Crippen MR) is 63.4 cm³/mol. The molecule has 4 nitrogen and oxygen atoms in total. The Morgan fingerprint density at radius 1 is 1.31 bits per heavy atom. The highest BCUT2D eigenvalue weighted by molar-refractivity contribution is 7.88. The Morgan fingerprint density at radius 2 is 1.94 bits per heavy atom. The molecule has 2 N–H and O–H groups in total. The highest BCUT2D eigenvalue weighted by Gasteiger charge is 2.16. The van der Waals surface area contributed by atoms with Crippen LogP contribution in [-0.2, 0) is 15.8 Å². The van der Waals surface area contributed by atoms with Gasteiger partial charge in [-0.25, -0.2) is 13.1 Å². The van der Waals surface area contributed by atoms with Gasteiger partial charge < -0.3 is 5.11 Å². The number of sulfonamides is 1. The molecule has 0 aromatic heterocycles. The molecule has 0 bridgehead atoms. The molecule has 0 aliphatic rings. The highest BCUT2D eigenvalue weighted by Crippen LogP contribution is 2.05. The van der Waals surface area contributed by atoms with Crippen molar-refractivity contribution in [3.63, 3.8) is 0 Å². The number of benzene rings is 1. The molecular weight excluding hydrogens is 226 g/mol. The first kappa shape index (κ1) is 13.2. The van der Waals surface area contributed by atoms with Gasteiger partial charge in [0.15, 0.2) is 0 Å². The van der Waals surface area contributed by atoms with Gasteiger partial charge in [0.2, 0.25) is 10.0 Å². The van der Waals surface area contributed by atoms with Crippen molar-refractivity contribution < 1.29 is 13.5 Å². The molecule has 0 aliphatic heterocycles. The van der Waals surface area contributed by atoms with Gasteiger partial charge in [0, 0.05) is 6.04 Å². The maximum absolute atomic E-state index is 11.7. The second-order valence-corrected chi connectivity index (χ2v) is 5.40. The van der Waals surface area contributed by atoms with Crippen LogP contribution in [0.5, 0.6) is 0 Å².